The molecule has 0 atom stereocenters. The van der Waals surface area contributed by atoms with Crippen molar-refractivity contribution in [2.24, 2.45) is 0 Å². The van der Waals surface area contributed by atoms with Gasteiger partial charge in [0.15, 0.2) is 11.6 Å². The molecule has 1 aromatic carbocycles. The predicted molar refractivity (Wildman–Crippen MR) is 46.8 cm³/mol. The van der Waals surface area contributed by atoms with E-state index in [1.54, 1.807) is 0 Å². The van der Waals surface area contributed by atoms with Crippen molar-refractivity contribution in [3.8, 4) is 5.75 Å². The summed E-state index contributed by atoms with van der Waals surface area (Å²) in [7, 11) is 1.31. The second-order valence-corrected chi connectivity index (χ2v) is 2.59. The highest BCUT2D eigenvalue weighted by Gasteiger charge is 2.13. The zero-order chi connectivity index (χ0) is 9.30. The van der Waals surface area contributed by atoms with E-state index in [9.17, 15) is 4.39 Å². The number of anilines is 2. The SMILES string of the molecule is COc1c(N)cc(N)c(Cl)c1F. The molecule has 0 aromatic heterocycles. The molecule has 12 heavy (non-hydrogen) atoms. The minimum absolute atomic E-state index is 0.0748. The molecular formula is C7H8ClFN2O. The molecule has 0 radical (unpaired) electrons. The number of methoxy groups -OCH3 is 1. The quantitative estimate of drug-likeness (QED) is 0.662. The highest BCUT2D eigenvalue weighted by molar-refractivity contribution is 6.33. The number of nitrogens with two attached hydrogens (primary N) is 2. The summed E-state index contributed by atoms with van der Waals surface area (Å²) in [6.07, 6.45) is 0. The van der Waals surface area contributed by atoms with E-state index in [-0.39, 0.29) is 22.1 Å². The second kappa shape index (κ2) is 3.06. The van der Waals surface area contributed by atoms with Gasteiger partial charge in [-0.2, -0.15) is 0 Å². The Morgan fingerprint density at radius 1 is 1.42 bits per heavy atom. The van der Waals surface area contributed by atoms with Crippen molar-refractivity contribution in [1.29, 1.82) is 0 Å². The highest BCUT2D eigenvalue weighted by Crippen LogP contribution is 2.34. The first-order valence-corrected chi connectivity index (χ1v) is 3.52. The number of ether oxygens (including phenoxy) is 1. The number of hydrogen-bond donors (Lipinski definition) is 2. The van der Waals surface area contributed by atoms with Gasteiger partial charge >= 0.3 is 0 Å². The normalized spacial score (nSPS) is 9.92. The predicted octanol–water partition coefficient (Wildman–Crippen LogP) is 1.65. The first kappa shape index (κ1) is 8.93. The summed E-state index contributed by atoms with van der Waals surface area (Å²) in [6, 6.07) is 1.35. The molecule has 0 aliphatic carbocycles. The average molecular weight is 191 g/mol. The van der Waals surface area contributed by atoms with Gasteiger partial charge in [-0.05, 0) is 6.07 Å². The Morgan fingerprint density at radius 2 is 2.00 bits per heavy atom. The molecule has 4 N–H and O–H groups in total. The Morgan fingerprint density at radius 3 is 2.50 bits per heavy atom. The van der Waals surface area contributed by atoms with Crippen molar-refractivity contribution in [3.05, 3.63) is 16.9 Å². The molecule has 0 amide bonds. The molecule has 0 spiro atoms. The van der Waals surface area contributed by atoms with Gasteiger partial charge in [-0.25, -0.2) is 4.39 Å². The first-order chi connectivity index (χ1) is 5.57. The summed E-state index contributed by atoms with van der Waals surface area (Å²) >= 11 is 5.50. The Balaban J connectivity index is 3.40. The smallest absolute Gasteiger partial charge is 0.187 e. The van der Waals surface area contributed by atoms with Crippen molar-refractivity contribution < 1.29 is 9.13 Å². The van der Waals surface area contributed by atoms with E-state index in [1.807, 2.05) is 0 Å². The van der Waals surface area contributed by atoms with Gasteiger partial charge in [0.05, 0.1) is 18.5 Å². The monoisotopic (exact) mass is 190 g/mol. The van der Waals surface area contributed by atoms with Gasteiger partial charge in [-0.1, -0.05) is 11.6 Å². The molecule has 0 fully saturated rings. The molecule has 1 rings (SSSR count). The van der Waals surface area contributed by atoms with Crippen LogP contribution in [-0.2, 0) is 0 Å². The number of benzene rings is 1. The standard InChI is InChI=1S/C7H8ClFN2O/c1-12-7-4(11)2-3(10)5(8)6(7)9/h2H,10-11H2,1H3. The zero-order valence-electron chi connectivity index (χ0n) is 6.40. The molecule has 5 heteroatoms. The average Bonchev–Trinajstić information content (AvgIpc) is 2.01. The van der Waals surface area contributed by atoms with Crippen molar-refractivity contribution in [2.75, 3.05) is 18.6 Å². The fourth-order valence-corrected chi connectivity index (χ4v) is 0.997. The Hall–Kier alpha value is -1.16. The Labute approximate surface area is 74.1 Å². The van der Waals surface area contributed by atoms with E-state index in [4.69, 9.17) is 23.1 Å². The molecule has 0 saturated carbocycles. The molecule has 3 nitrogen and oxygen atoms in total. The Bertz CT molecular complexity index is 317. The lowest BCUT2D eigenvalue weighted by Crippen LogP contribution is -1.99. The van der Waals surface area contributed by atoms with Crippen LogP contribution in [-0.4, -0.2) is 7.11 Å². The molecule has 0 aliphatic heterocycles. The van der Waals surface area contributed by atoms with Crippen LogP contribution >= 0.6 is 11.6 Å². The van der Waals surface area contributed by atoms with Crippen LogP contribution in [0.4, 0.5) is 15.8 Å². The van der Waals surface area contributed by atoms with Crippen molar-refractivity contribution >= 4 is 23.0 Å². The number of halogens is 2. The number of rotatable bonds is 1. The summed E-state index contributed by atoms with van der Waals surface area (Å²) in [5.41, 5.74) is 11.0. The lowest BCUT2D eigenvalue weighted by molar-refractivity contribution is 0.389. The maximum atomic E-state index is 13.1. The lowest BCUT2D eigenvalue weighted by Gasteiger charge is -2.08. The third kappa shape index (κ3) is 1.25. The summed E-state index contributed by atoms with van der Waals surface area (Å²) in [6.45, 7) is 0. The molecule has 1 aromatic rings. The van der Waals surface area contributed by atoms with Crippen LogP contribution in [0.2, 0.25) is 5.02 Å². The largest absolute Gasteiger partial charge is 0.492 e. The van der Waals surface area contributed by atoms with Crippen LogP contribution in [0.5, 0.6) is 5.75 Å². The second-order valence-electron chi connectivity index (χ2n) is 2.22. The van der Waals surface area contributed by atoms with Crippen LogP contribution in [0.15, 0.2) is 6.07 Å². The van der Waals surface area contributed by atoms with Crippen molar-refractivity contribution in [3.63, 3.8) is 0 Å². The lowest BCUT2D eigenvalue weighted by atomic mass is 10.2. The minimum atomic E-state index is -0.725. The Kier molecular flexibility index (Phi) is 2.28. The van der Waals surface area contributed by atoms with Gasteiger partial charge < -0.3 is 16.2 Å². The fraction of sp³-hybridized carbons (Fsp3) is 0.143. The van der Waals surface area contributed by atoms with Gasteiger partial charge in [-0.3, -0.25) is 0 Å². The van der Waals surface area contributed by atoms with E-state index in [2.05, 4.69) is 4.74 Å². The molecular weight excluding hydrogens is 183 g/mol. The number of nitrogen functional groups attached to an aromatic ring is 2. The van der Waals surface area contributed by atoms with Gasteiger partial charge in [0, 0.05) is 0 Å². The van der Waals surface area contributed by atoms with Crippen molar-refractivity contribution in [2.45, 2.75) is 0 Å². The van der Waals surface area contributed by atoms with Gasteiger partial charge in [0.1, 0.15) is 5.02 Å². The molecule has 0 heterocycles. The van der Waals surface area contributed by atoms with Gasteiger partial charge in [0.25, 0.3) is 0 Å². The van der Waals surface area contributed by atoms with E-state index >= 15 is 0 Å². The maximum Gasteiger partial charge on any atom is 0.187 e. The van der Waals surface area contributed by atoms with Crippen molar-refractivity contribution in [1.82, 2.24) is 0 Å². The molecule has 0 bridgehead atoms. The van der Waals surface area contributed by atoms with Crippen LogP contribution < -0.4 is 16.2 Å². The van der Waals surface area contributed by atoms with Crippen LogP contribution in [0, 0.1) is 5.82 Å². The summed E-state index contributed by atoms with van der Waals surface area (Å²) in [4.78, 5) is 0. The van der Waals surface area contributed by atoms with Gasteiger partial charge in [0.2, 0.25) is 0 Å². The van der Waals surface area contributed by atoms with Crippen LogP contribution in [0.3, 0.4) is 0 Å². The fourth-order valence-electron chi connectivity index (χ4n) is 0.857. The topological polar surface area (TPSA) is 61.3 Å². The van der Waals surface area contributed by atoms with Crippen LogP contribution in [0.25, 0.3) is 0 Å². The molecule has 0 saturated heterocycles. The zero-order valence-corrected chi connectivity index (χ0v) is 7.15. The maximum absolute atomic E-state index is 13.1. The summed E-state index contributed by atoms with van der Waals surface area (Å²) in [5.74, 6) is -0.800. The highest BCUT2D eigenvalue weighted by atomic mass is 35.5. The van der Waals surface area contributed by atoms with Gasteiger partial charge in [-0.15, -0.1) is 0 Å². The van der Waals surface area contributed by atoms with Crippen LogP contribution in [0.1, 0.15) is 0 Å². The molecule has 66 valence electrons. The van der Waals surface area contributed by atoms with E-state index in [0.29, 0.717) is 0 Å². The van der Waals surface area contributed by atoms with E-state index < -0.39 is 5.82 Å². The number of hydrogen-bond acceptors (Lipinski definition) is 3. The van der Waals surface area contributed by atoms with E-state index in [1.165, 1.54) is 13.2 Å². The minimum Gasteiger partial charge on any atom is -0.492 e. The summed E-state index contributed by atoms with van der Waals surface area (Å²) < 4.78 is 17.8. The molecule has 0 unspecified atom stereocenters. The first-order valence-electron chi connectivity index (χ1n) is 3.15. The third-order valence-electron chi connectivity index (χ3n) is 1.42. The third-order valence-corrected chi connectivity index (χ3v) is 1.81. The molecule has 0 aliphatic rings. The summed E-state index contributed by atoms with van der Waals surface area (Å²) in [5, 5.41) is -0.166. The van der Waals surface area contributed by atoms with E-state index in [0.717, 1.165) is 0 Å².